The monoisotopic (exact) mass is 198 g/mol. The van der Waals surface area contributed by atoms with Crippen molar-refractivity contribution >= 4 is 5.69 Å². The molecule has 0 unspecified atom stereocenters. The summed E-state index contributed by atoms with van der Waals surface area (Å²) in [4.78, 5) is 4.09. The van der Waals surface area contributed by atoms with Crippen molar-refractivity contribution in [1.29, 1.82) is 0 Å². The predicted molar refractivity (Wildman–Crippen MR) is 62.5 cm³/mol. The third kappa shape index (κ3) is 2.81. The second kappa shape index (κ2) is 4.60. The zero-order chi connectivity index (χ0) is 10.5. The Bertz CT molecular complexity index is 424. The Balaban J connectivity index is 1.99. The van der Waals surface area contributed by atoms with Crippen LogP contribution in [-0.2, 0) is 12.8 Å². The summed E-state index contributed by atoms with van der Waals surface area (Å²) in [5.41, 5.74) is 9.09. The van der Waals surface area contributed by atoms with Gasteiger partial charge in [-0.1, -0.05) is 18.2 Å². The molecular formula is C13H14N2. The number of hydrogen-bond acceptors (Lipinski definition) is 2. The van der Waals surface area contributed by atoms with Crippen molar-refractivity contribution in [2.45, 2.75) is 12.8 Å². The maximum absolute atomic E-state index is 5.72. The SMILES string of the molecule is Nc1cccc(CCc2cccnc2)c1. The lowest BCUT2D eigenvalue weighted by Gasteiger charge is -2.02. The van der Waals surface area contributed by atoms with Crippen molar-refractivity contribution in [2.75, 3.05) is 5.73 Å². The molecule has 0 radical (unpaired) electrons. The lowest BCUT2D eigenvalue weighted by Crippen LogP contribution is -1.93. The number of hydrogen-bond donors (Lipinski definition) is 1. The van der Waals surface area contributed by atoms with Crippen LogP contribution in [0.1, 0.15) is 11.1 Å². The van der Waals surface area contributed by atoms with Crippen molar-refractivity contribution in [2.24, 2.45) is 0 Å². The van der Waals surface area contributed by atoms with Gasteiger partial charge in [-0.2, -0.15) is 0 Å². The van der Waals surface area contributed by atoms with Crippen LogP contribution >= 0.6 is 0 Å². The maximum atomic E-state index is 5.72. The van der Waals surface area contributed by atoms with Gasteiger partial charge in [0.1, 0.15) is 0 Å². The normalized spacial score (nSPS) is 10.1. The molecule has 2 heteroatoms. The molecule has 0 bridgehead atoms. The van der Waals surface area contributed by atoms with E-state index in [1.54, 1.807) is 6.20 Å². The fourth-order valence-electron chi connectivity index (χ4n) is 1.58. The third-order valence-electron chi connectivity index (χ3n) is 2.38. The molecule has 2 nitrogen and oxygen atoms in total. The number of anilines is 1. The highest BCUT2D eigenvalue weighted by Crippen LogP contribution is 2.09. The summed E-state index contributed by atoms with van der Waals surface area (Å²) in [6, 6.07) is 12.1. The van der Waals surface area contributed by atoms with Gasteiger partial charge in [0, 0.05) is 18.1 Å². The molecule has 0 saturated carbocycles. The lowest BCUT2D eigenvalue weighted by molar-refractivity contribution is 0.950. The predicted octanol–water partition coefficient (Wildman–Crippen LogP) is 2.45. The third-order valence-corrected chi connectivity index (χ3v) is 2.38. The Labute approximate surface area is 89.8 Å². The number of nitrogen functional groups attached to an aromatic ring is 1. The van der Waals surface area contributed by atoms with E-state index in [9.17, 15) is 0 Å². The highest BCUT2D eigenvalue weighted by atomic mass is 14.6. The summed E-state index contributed by atoms with van der Waals surface area (Å²) in [5.74, 6) is 0. The van der Waals surface area contributed by atoms with Gasteiger partial charge in [0.05, 0.1) is 0 Å². The summed E-state index contributed by atoms with van der Waals surface area (Å²) >= 11 is 0. The summed E-state index contributed by atoms with van der Waals surface area (Å²) in [5, 5.41) is 0. The van der Waals surface area contributed by atoms with E-state index in [0.29, 0.717) is 0 Å². The van der Waals surface area contributed by atoms with Crippen LogP contribution in [0, 0.1) is 0 Å². The van der Waals surface area contributed by atoms with Crippen LogP contribution in [0.25, 0.3) is 0 Å². The Kier molecular flexibility index (Phi) is 2.98. The van der Waals surface area contributed by atoms with E-state index < -0.39 is 0 Å². The van der Waals surface area contributed by atoms with E-state index in [1.165, 1.54) is 11.1 Å². The molecule has 2 rings (SSSR count). The maximum Gasteiger partial charge on any atom is 0.0316 e. The number of benzene rings is 1. The molecule has 0 aliphatic heterocycles. The van der Waals surface area contributed by atoms with Crippen LogP contribution in [-0.4, -0.2) is 4.98 Å². The summed E-state index contributed by atoms with van der Waals surface area (Å²) < 4.78 is 0. The molecule has 0 saturated heterocycles. The second-order valence-corrected chi connectivity index (χ2v) is 3.61. The van der Waals surface area contributed by atoms with E-state index in [1.807, 2.05) is 30.5 Å². The van der Waals surface area contributed by atoms with Gasteiger partial charge in [-0.05, 0) is 42.2 Å². The number of rotatable bonds is 3. The molecule has 0 aliphatic carbocycles. The zero-order valence-corrected chi connectivity index (χ0v) is 8.56. The summed E-state index contributed by atoms with van der Waals surface area (Å²) in [7, 11) is 0. The van der Waals surface area contributed by atoms with E-state index in [4.69, 9.17) is 5.73 Å². The summed E-state index contributed by atoms with van der Waals surface area (Å²) in [6.07, 6.45) is 5.73. The van der Waals surface area contributed by atoms with Crippen LogP contribution in [0.15, 0.2) is 48.8 Å². The standard InChI is InChI=1S/C13H14N2/c14-13-5-1-3-11(9-13)6-7-12-4-2-8-15-10-12/h1-5,8-10H,6-7,14H2. The van der Waals surface area contributed by atoms with Crippen molar-refractivity contribution in [3.8, 4) is 0 Å². The number of aryl methyl sites for hydroxylation is 2. The average Bonchev–Trinajstić information content (AvgIpc) is 2.28. The Hall–Kier alpha value is -1.83. The molecule has 0 amide bonds. The van der Waals surface area contributed by atoms with E-state index in [-0.39, 0.29) is 0 Å². The first kappa shape index (κ1) is 9.71. The Morgan fingerprint density at radius 2 is 1.80 bits per heavy atom. The molecule has 76 valence electrons. The van der Waals surface area contributed by atoms with Gasteiger partial charge in [-0.3, -0.25) is 4.98 Å². The fraction of sp³-hybridized carbons (Fsp3) is 0.154. The molecule has 0 atom stereocenters. The topological polar surface area (TPSA) is 38.9 Å². The van der Waals surface area contributed by atoms with Gasteiger partial charge >= 0.3 is 0 Å². The van der Waals surface area contributed by atoms with Crippen LogP contribution < -0.4 is 5.73 Å². The first-order chi connectivity index (χ1) is 7.34. The van der Waals surface area contributed by atoms with Crippen LogP contribution in [0.3, 0.4) is 0 Å². The van der Waals surface area contributed by atoms with Crippen LogP contribution in [0.4, 0.5) is 5.69 Å². The molecule has 0 aliphatic rings. The molecule has 1 aromatic heterocycles. The molecular weight excluding hydrogens is 184 g/mol. The van der Waals surface area contributed by atoms with E-state index in [2.05, 4.69) is 17.1 Å². The van der Waals surface area contributed by atoms with E-state index >= 15 is 0 Å². The first-order valence-electron chi connectivity index (χ1n) is 5.08. The van der Waals surface area contributed by atoms with E-state index in [0.717, 1.165) is 18.5 Å². The highest BCUT2D eigenvalue weighted by molar-refractivity contribution is 5.40. The molecule has 15 heavy (non-hydrogen) atoms. The molecule has 2 N–H and O–H groups in total. The summed E-state index contributed by atoms with van der Waals surface area (Å²) in [6.45, 7) is 0. The average molecular weight is 198 g/mol. The van der Waals surface area contributed by atoms with Gasteiger partial charge in [-0.15, -0.1) is 0 Å². The minimum atomic E-state index is 0.832. The van der Waals surface area contributed by atoms with Crippen LogP contribution in [0.5, 0.6) is 0 Å². The second-order valence-electron chi connectivity index (χ2n) is 3.61. The van der Waals surface area contributed by atoms with Crippen molar-refractivity contribution in [3.63, 3.8) is 0 Å². The molecule has 1 aromatic carbocycles. The number of nitrogens with two attached hydrogens (primary N) is 1. The van der Waals surface area contributed by atoms with Crippen molar-refractivity contribution in [1.82, 2.24) is 4.98 Å². The largest absolute Gasteiger partial charge is 0.399 e. The van der Waals surface area contributed by atoms with Gasteiger partial charge in [0.25, 0.3) is 0 Å². The van der Waals surface area contributed by atoms with Crippen molar-refractivity contribution in [3.05, 3.63) is 59.9 Å². The van der Waals surface area contributed by atoms with Gasteiger partial charge in [-0.25, -0.2) is 0 Å². The quantitative estimate of drug-likeness (QED) is 0.769. The Morgan fingerprint density at radius 1 is 1.00 bits per heavy atom. The molecule has 1 heterocycles. The van der Waals surface area contributed by atoms with Gasteiger partial charge < -0.3 is 5.73 Å². The highest BCUT2D eigenvalue weighted by Gasteiger charge is 1.95. The zero-order valence-electron chi connectivity index (χ0n) is 8.56. The van der Waals surface area contributed by atoms with Crippen molar-refractivity contribution < 1.29 is 0 Å². The first-order valence-corrected chi connectivity index (χ1v) is 5.08. The fourth-order valence-corrected chi connectivity index (χ4v) is 1.58. The minimum Gasteiger partial charge on any atom is -0.399 e. The van der Waals surface area contributed by atoms with Crippen LogP contribution in [0.2, 0.25) is 0 Å². The lowest BCUT2D eigenvalue weighted by atomic mass is 10.1. The Morgan fingerprint density at radius 3 is 2.53 bits per heavy atom. The number of aromatic nitrogens is 1. The molecule has 0 spiro atoms. The smallest absolute Gasteiger partial charge is 0.0316 e. The minimum absolute atomic E-state index is 0.832. The van der Waals surface area contributed by atoms with Gasteiger partial charge in [0.2, 0.25) is 0 Å². The van der Waals surface area contributed by atoms with Gasteiger partial charge in [0.15, 0.2) is 0 Å². The molecule has 2 aromatic rings. The number of nitrogens with zero attached hydrogens (tertiary/aromatic N) is 1. The molecule has 0 fully saturated rings. The number of pyridine rings is 1.